The highest BCUT2D eigenvalue weighted by molar-refractivity contribution is 6.08. The van der Waals surface area contributed by atoms with Gasteiger partial charge in [0.1, 0.15) is 59.5 Å². The Bertz CT molecular complexity index is 3410. The fraction of sp³-hybridized carbons (Fsp3) is 0.671. The average Bonchev–Trinajstić information content (AvgIpc) is 1.77. The van der Waals surface area contributed by atoms with Crippen LogP contribution in [0.2, 0.25) is 0 Å². The summed E-state index contributed by atoms with van der Waals surface area (Å²) in [5.41, 5.74) is 2.21. The van der Waals surface area contributed by atoms with Crippen LogP contribution in [0.5, 0.6) is 0 Å². The zero-order valence-corrected chi connectivity index (χ0v) is 62.1. The number of carbonyl (C=O) groups is 12. The number of halogens is 5. The molecule has 0 spiro atoms. The van der Waals surface area contributed by atoms with Crippen LogP contribution in [-0.4, -0.2) is 244 Å². The van der Waals surface area contributed by atoms with E-state index in [0.29, 0.717) is 56.2 Å². The first-order valence-electron chi connectivity index (χ1n) is 35.8. The molecule has 2 aliphatic carbocycles. The quantitative estimate of drug-likeness (QED) is 0.0443. The number of carboxylic acid groups (broad SMARTS) is 1. The number of hydrogen-bond donors (Lipinski definition) is 5. The molecule has 0 radical (unpaired) electrons. The molecule has 30 heteroatoms. The van der Waals surface area contributed by atoms with Gasteiger partial charge in [0.15, 0.2) is 11.3 Å². The number of likely N-dealkylation sites (tertiary alicyclic amines) is 1. The van der Waals surface area contributed by atoms with Crippen LogP contribution in [0.3, 0.4) is 0 Å². The Balaban J connectivity index is 1.19. The summed E-state index contributed by atoms with van der Waals surface area (Å²) in [6, 6.07) is -2.44. The molecule has 4 fully saturated rings. The maximum Gasteiger partial charge on any atom is 0.422 e. The van der Waals surface area contributed by atoms with Gasteiger partial charge in [0.2, 0.25) is 59.1 Å². The van der Waals surface area contributed by atoms with E-state index in [1.165, 1.54) is 78.6 Å². The van der Waals surface area contributed by atoms with Crippen LogP contribution in [0.4, 0.5) is 22.0 Å². The number of Topliss-reactive ketones (excluding diaryl/α,β-unsaturated/α-hetero) is 1. The molecule has 0 aromatic heterocycles. The number of amides is 10. The van der Waals surface area contributed by atoms with Crippen molar-refractivity contribution in [3.05, 3.63) is 70.3 Å². The molecule has 572 valence electrons. The van der Waals surface area contributed by atoms with Crippen LogP contribution in [0, 0.1) is 36.3 Å². The van der Waals surface area contributed by atoms with Crippen molar-refractivity contribution in [2.75, 3.05) is 75.5 Å². The van der Waals surface area contributed by atoms with Crippen molar-refractivity contribution in [1.29, 1.82) is 0 Å². The van der Waals surface area contributed by atoms with Gasteiger partial charge in [-0.25, -0.2) is 13.6 Å². The van der Waals surface area contributed by atoms with E-state index in [4.69, 9.17) is 5.73 Å². The van der Waals surface area contributed by atoms with Crippen LogP contribution in [0.25, 0.3) is 0 Å². The SMILES string of the molecule is CC[C@H](C)[C@H](NC(=O)[C@H](CC(C)C)N(C)C(=O)C[C@@H](C(=O)N(C)C)N(C)C(=O)[C@H](C1CCCC1)N(C)C(=O)C1(N)CCCC1)C(=O)N(C)[C@@H](C)C(=O)N1CC[C@H]1C(=O)N(CC)[C@@H](Cc1ccc(C)cc1)C(=O)N(C)CC(=O)NC(CCC(=O)[C@]1(C(=O)O)CCCN1)c1cc(F)c(C(F)(F)F)c(F)c1. The maximum atomic E-state index is 15.1. The summed E-state index contributed by atoms with van der Waals surface area (Å²) in [5.74, 6) is -14.0. The van der Waals surface area contributed by atoms with E-state index in [1.54, 1.807) is 52.1 Å². The molecular weight excluding hydrogens is 1350 g/mol. The number of aliphatic carboxylic acids is 1. The van der Waals surface area contributed by atoms with E-state index >= 15 is 8.78 Å². The number of nitrogens with zero attached hydrogens (tertiary/aromatic N) is 8. The monoisotopic (exact) mass is 1450 g/mol. The van der Waals surface area contributed by atoms with Crippen molar-refractivity contribution in [1.82, 2.24) is 55.1 Å². The minimum Gasteiger partial charge on any atom is -0.480 e. The summed E-state index contributed by atoms with van der Waals surface area (Å²) in [6.07, 6.45) is -0.952. The lowest BCUT2D eigenvalue weighted by Gasteiger charge is -2.45. The molecule has 2 heterocycles. The van der Waals surface area contributed by atoms with Crippen molar-refractivity contribution in [3.63, 3.8) is 0 Å². The zero-order valence-electron chi connectivity index (χ0n) is 62.1. The number of aryl methyl sites for hydroxylation is 1. The van der Waals surface area contributed by atoms with E-state index < -0.39 is 185 Å². The Morgan fingerprint density at radius 1 is 0.728 bits per heavy atom. The van der Waals surface area contributed by atoms with Crippen molar-refractivity contribution in [3.8, 4) is 0 Å². The minimum atomic E-state index is -5.45. The number of carbonyl (C=O) groups excluding carboxylic acids is 11. The lowest BCUT2D eigenvalue weighted by atomic mass is 9.87. The normalized spacial score (nSPS) is 19.7. The van der Waals surface area contributed by atoms with Gasteiger partial charge in [-0.3, -0.25) is 58.1 Å². The molecule has 2 aliphatic heterocycles. The number of ketones is 1. The topological polar surface area (TPSA) is 313 Å². The van der Waals surface area contributed by atoms with Gasteiger partial charge < -0.3 is 60.7 Å². The number of benzene rings is 2. The van der Waals surface area contributed by atoms with E-state index in [-0.39, 0.29) is 63.1 Å². The number of likely N-dealkylation sites (N-methyl/N-ethyl adjacent to an activating group) is 7. The van der Waals surface area contributed by atoms with E-state index in [2.05, 4.69) is 16.0 Å². The molecule has 6 N–H and O–H groups in total. The number of carboxylic acids is 1. The van der Waals surface area contributed by atoms with Crippen molar-refractivity contribution in [2.24, 2.45) is 23.5 Å². The van der Waals surface area contributed by atoms with E-state index in [9.17, 15) is 75.8 Å². The summed E-state index contributed by atoms with van der Waals surface area (Å²) in [6.45, 7) is 11.4. The number of alkyl halides is 3. The van der Waals surface area contributed by atoms with Gasteiger partial charge in [0.05, 0.1) is 24.5 Å². The highest BCUT2D eigenvalue weighted by Gasteiger charge is 2.51. The molecule has 2 aromatic rings. The molecule has 6 rings (SSSR count). The van der Waals surface area contributed by atoms with Gasteiger partial charge >= 0.3 is 12.1 Å². The number of rotatable bonds is 33. The Kier molecular flexibility index (Phi) is 28.9. The summed E-state index contributed by atoms with van der Waals surface area (Å²) in [7, 11) is 10.0. The maximum absolute atomic E-state index is 15.1. The third kappa shape index (κ3) is 19.6. The predicted molar refractivity (Wildman–Crippen MR) is 371 cm³/mol. The third-order valence-electron chi connectivity index (χ3n) is 21.5. The molecule has 10 amide bonds. The van der Waals surface area contributed by atoms with Gasteiger partial charge in [-0.2, -0.15) is 13.2 Å². The second-order valence-corrected chi connectivity index (χ2v) is 29.4. The standard InChI is InChI=1S/C73H107F5N12O13/c1-15-44(6)60(82-62(94)53(36-42(3)4)86(12)58(93)40-54(64(96)83(8)9)87(13)68(100)61(47-22-17-18-23-47)88(14)69(101)71(79)31-19-20-32-71)67(99)85(11)45(7)63(95)90-35-30-52(90)66(98)89(16-2)55(37-46-26-24-43(5)25-27-46)65(97)84(10)41-57(92)81-51(28-29-56(91)72(70(102)103)33-21-34-80-72)48-38-49(74)59(50(75)39-48)73(76,77)78/h24-27,38-39,42,44-45,47,51-55,60-61,80H,15-23,28-37,40-41,79H2,1-14H3,(H,81,92)(H,82,94)(H,102,103)/t44-,45-,51?,52-,53-,54-,55-,60-,61-,72-/m0/s1. The summed E-state index contributed by atoms with van der Waals surface area (Å²) in [4.78, 5) is 182. The van der Waals surface area contributed by atoms with Crippen LogP contribution < -0.4 is 21.7 Å². The van der Waals surface area contributed by atoms with Crippen molar-refractivity contribution < 1.29 is 84.6 Å². The molecule has 4 aliphatic rings. The first kappa shape index (κ1) is 83.8. The van der Waals surface area contributed by atoms with Crippen molar-refractivity contribution >= 4 is 70.8 Å². The highest BCUT2D eigenvalue weighted by Crippen LogP contribution is 2.38. The van der Waals surface area contributed by atoms with E-state index in [0.717, 1.165) is 41.0 Å². The van der Waals surface area contributed by atoms with Crippen LogP contribution in [-0.2, 0) is 70.1 Å². The van der Waals surface area contributed by atoms with Gasteiger partial charge in [-0.05, 0) is 126 Å². The van der Waals surface area contributed by atoms with Gasteiger partial charge in [0, 0.05) is 75.3 Å². The Morgan fingerprint density at radius 3 is 1.83 bits per heavy atom. The summed E-state index contributed by atoms with van der Waals surface area (Å²) < 4.78 is 71.4. The van der Waals surface area contributed by atoms with Crippen molar-refractivity contribution in [2.45, 2.75) is 223 Å². The molecule has 2 saturated heterocycles. The van der Waals surface area contributed by atoms with Gasteiger partial charge in [-0.15, -0.1) is 0 Å². The molecular formula is C73H107F5N12O13. The van der Waals surface area contributed by atoms with Gasteiger partial charge in [0.25, 0.3) is 0 Å². The second kappa shape index (κ2) is 35.6. The summed E-state index contributed by atoms with van der Waals surface area (Å²) >= 11 is 0. The lowest BCUT2D eigenvalue weighted by Crippen LogP contribution is -2.65. The Labute approximate surface area is 600 Å². The highest BCUT2D eigenvalue weighted by atomic mass is 19.4. The smallest absolute Gasteiger partial charge is 0.422 e. The molecule has 1 unspecified atom stereocenters. The lowest BCUT2D eigenvalue weighted by molar-refractivity contribution is -0.160. The molecule has 2 saturated carbocycles. The Hall–Kier alpha value is -8.15. The fourth-order valence-corrected chi connectivity index (χ4v) is 14.7. The predicted octanol–water partition coefficient (Wildman–Crippen LogP) is 5.37. The molecule has 103 heavy (non-hydrogen) atoms. The fourth-order valence-electron chi connectivity index (χ4n) is 14.7. The molecule has 25 nitrogen and oxygen atoms in total. The second-order valence-electron chi connectivity index (χ2n) is 29.4. The zero-order chi connectivity index (χ0) is 77.1. The van der Waals surface area contributed by atoms with E-state index in [1.807, 2.05) is 20.8 Å². The molecule has 2 aromatic carbocycles. The largest absolute Gasteiger partial charge is 0.480 e. The first-order chi connectivity index (χ1) is 48.2. The summed E-state index contributed by atoms with van der Waals surface area (Å²) in [5, 5.41) is 18.0. The number of nitrogens with two attached hydrogens (primary N) is 1. The molecule has 10 atom stereocenters. The van der Waals surface area contributed by atoms with Crippen LogP contribution >= 0.6 is 0 Å². The van der Waals surface area contributed by atoms with Crippen LogP contribution in [0.1, 0.15) is 173 Å². The van der Waals surface area contributed by atoms with Crippen LogP contribution in [0.15, 0.2) is 36.4 Å². The number of nitrogens with one attached hydrogen (secondary N) is 3. The average molecular weight is 1460 g/mol. The first-order valence-corrected chi connectivity index (χ1v) is 35.8. The third-order valence-corrected chi connectivity index (χ3v) is 21.5. The molecule has 0 bridgehead atoms. The Morgan fingerprint density at radius 2 is 1.33 bits per heavy atom. The number of hydrogen-bond acceptors (Lipinski definition) is 14. The van der Waals surface area contributed by atoms with Gasteiger partial charge in [-0.1, -0.05) is 89.6 Å². The minimum absolute atomic E-state index is 0.0591.